The van der Waals surface area contributed by atoms with E-state index in [2.05, 4.69) is 49.4 Å². The van der Waals surface area contributed by atoms with Crippen LogP contribution in [-0.2, 0) is 11.2 Å². The third kappa shape index (κ3) is 10.7. The molecule has 2 aromatic rings. The van der Waals surface area contributed by atoms with Crippen molar-refractivity contribution in [1.82, 2.24) is 15.6 Å². The molecule has 1 heterocycles. The van der Waals surface area contributed by atoms with Crippen LogP contribution in [0.2, 0.25) is 0 Å². The number of amides is 1. The molecule has 5 heteroatoms. The standard InChI is InChI=1S/C28H41N3O2/c1-5-6-7-22(4)20-30-27(19-24-9-12-26(32)13-10-24)28(33)31-25(18-21(2)3)11-8-23-14-16-29-17-15-23/h8-17,21-22,25,27,30,32H,5-7,18-20H2,1-4H3,(H,31,33)/b11-8+/t22-,25+,27-/m0/s1. The molecule has 0 aliphatic rings. The average molecular weight is 452 g/mol. The van der Waals surface area contributed by atoms with Gasteiger partial charge in [0.25, 0.3) is 0 Å². The van der Waals surface area contributed by atoms with Gasteiger partial charge in [0.1, 0.15) is 5.75 Å². The zero-order valence-corrected chi connectivity index (χ0v) is 20.6. The van der Waals surface area contributed by atoms with Gasteiger partial charge in [0.15, 0.2) is 0 Å². The van der Waals surface area contributed by atoms with Crippen molar-refractivity contribution in [2.75, 3.05) is 6.54 Å². The highest BCUT2D eigenvalue weighted by atomic mass is 16.3. The molecule has 180 valence electrons. The Morgan fingerprint density at radius 1 is 1.09 bits per heavy atom. The van der Waals surface area contributed by atoms with Crippen molar-refractivity contribution in [3.8, 4) is 5.75 Å². The fourth-order valence-electron chi connectivity index (χ4n) is 3.80. The molecule has 1 aromatic carbocycles. The Hall–Kier alpha value is -2.66. The van der Waals surface area contributed by atoms with Crippen molar-refractivity contribution < 1.29 is 9.90 Å². The summed E-state index contributed by atoms with van der Waals surface area (Å²) in [5.74, 6) is 1.21. The molecule has 2 rings (SSSR count). The molecular formula is C28H41N3O2. The number of pyridine rings is 1. The summed E-state index contributed by atoms with van der Waals surface area (Å²) in [6.07, 6.45) is 12.7. The van der Waals surface area contributed by atoms with Gasteiger partial charge in [-0.1, -0.05) is 64.8 Å². The molecule has 0 aliphatic carbocycles. The Kier molecular flexibility index (Phi) is 11.7. The molecule has 0 fully saturated rings. The molecule has 0 aliphatic heterocycles. The minimum Gasteiger partial charge on any atom is -0.508 e. The molecule has 0 radical (unpaired) electrons. The number of carbonyl (C=O) groups is 1. The molecule has 3 N–H and O–H groups in total. The zero-order valence-electron chi connectivity index (χ0n) is 20.6. The van der Waals surface area contributed by atoms with Crippen molar-refractivity contribution in [2.45, 2.75) is 71.9 Å². The van der Waals surface area contributed by atoms with E-state index in [-0.39, 0.29) is 23.7 Å². The Balaban J connectivity index is 2.10. The molecule has 0 saturated heterocycles. The lowest BCUT2D eigenvalue weighted by Crippen LogP contribution is -2.49. The molecule has 0 spiro atoms. The van der Waals surface area contributed by atoms with Gasteiger partial charge in [-0.05, 0) is 73.0 Å². The summed E-state index contributed by atoms with van der Waals surface area (Å²) < 4.78 is 0. The molecule has 0 bridgehead atoms. The van der Waals surface area contributed by atoms with Crippen LogP contribution in [0.5, 0.6) is 5.75 Å². The van der Waals surface area contributed by atoms with Crippen molar-refractivity contribution >= 4 is 12.0 Å². The Morgan fingerprint density at radius 3 is 2.42 bits per heavy atom. The van der Waals surface area contributed by atoms with Crippen LogP contribution < -0.4 is 10.6 Å². The fourth-order valence-corrected chi connectivity index (χ4v) is 3.80. The van der Waals surface area contributed by atoms with Gasteiger partial charge in [0.05, 0.1) is 6.04 Å². The summed E-state index contributed by atoms with van der Waals surface area (Å²) in [5.41, 5.74) is 2.09. The number of unbranched alkanes of at least 4 members (excludes halogenated alkanes) is 1. The topological polar surface area (TPSA) is 74.2 Å². The van der Waals surface area contributed by atoms with E-state index in [1.165, 1.54) is 12.8 Å². The predicted molar refractivity (Wildman–Crippen MR) is 137 cm³/mol. The van der Waals surface area contributed by atoms with Crippen molar-refractivity contribution in [1.29, 1.82) is 0 Å². The third-order valence-corrected chi connectivity index (χ3v) is 5.74. The fraction of sp³-hybridized carbons (Fsp3) is 0.500. The summed E-state index contributed by atoms with van der Waals surface area (Å²) in [5, 5.41) is 16.4. The lowest BCUT2D eigenvalue weighted by atomic mass is 9.99. The van der Waals surface area contributed by atoms with E-state index in [1.54, 1.807) is 24.5 Å². The van der Waals surface area contributed by atoms with Crippen LogP contribution >= 0.6 is 0 Å². The maximum atomic E-state index is 13.4. The van der Waals surface area contributed by atoms with Crippen molar-refractivity contribution in [2.24, 2.45) is 11.8 Å². The first-order valence-corrected chi connectivity index (χ1v) is 12.3. The summed E-state index contributed by atoms with van der Waals surface area (Å²) in [6, 6.07) is 10.6. The number of hydrogen-bond acceptors (Lipinski definition) is 4. The molecular weight excluding hydrogens is 410 g/mol. The van der Waals surface area contributed by atoms with Gasteiger partial charge in [-0.3, -0.25) is 9.78 Å². The Morgan fingerprint density at radius 2 is 1.79 bits per heavy atom. The van der Waals surface area contributed by atoms with E-state index < -0.39 is 0 Å². The van der Waals surface area contributed by atoms with Crippen molar-refractivity contribution in [3.05, 3.63) is 66.0 Å². The second kappa shape index (κ2) is 14.5. The summed E-state index contributed by atoms with van der Waals surface area (Å²) in [4.78, 5) is 17.4. The predicted octanol–water partition coefficient (Wildman–Crippen LogP) is 5.36. The maximum absolute atomic E-state index is 13.4. The Labute approximate surface area is 199 Å². The van der Waals surface area contributed by atoms with Crippen LogP contribution in [0.4, 0.5) is 0 Å². The van der Waals surface area contributed by atoms with Crippen LogP contribution in [0.15, 0.2) is 54.9 Å². The van der Waals surface area contributed by atoms with Crippen LogP contribution in [0.25, 0.3) is 6.08 Å². The maximum Gasteiger partial charge on any atom is 0.237 e. The van der Waals surface area contributed by atoms with Gasteiger partial charge in [0, 0.05) is 18.4 Å². The van der Waals surface area contributed by atoms with Gasteiger partial charge < -0.3 is 15.7 Å². The van der Waals surface area contributed by atoms with E-state index >= 15 is 0 Å². The molecule has 0 saturated carbocycles. The van der Waals surface area contributed by atoms with E-state index in [1.807, 2.05) is 30.3 Å². The highest BCUT2D eigenvalue weighted by Gasteiger charge is 2.22. The first kappa shape index (κ1) is 26.6. The lowest BCUT2D eigenvalue weighted by molar-refractivity contribution is -0.123. The minimum absolute atomic E-state index is 0.01000. The zero-order chi connectivity index (χ0) is 24.1. The highest BCUT2D eigenvalue weighted by Crippen LogP contribution is 2.14. The number of benzene rings is 1. The van der Waals surface area contributed by atoms with Crippen LogP contribution in [0.1, 0.15) is 64.5 Å². The second-order valence-corrected chi connectivity index (χ2v) is 9.46. The number of nitrogens with one attached hydrogen (secondary N) is 2. The number of aromatic hydroxyl groups is 1. The molecule has 0 unspecified atom stereocenters. The van der Waals surface area contributed by atoms with Crippen LogP contribution in [0.3, 0.4) is 0 Å². The monoisotopic (exact) mass is 451 g/mol. The summed E-state index contributed by atoms with van der Waals surface area (Å²) in [7, 11) is 0. The van der Waals surface area contributed by atoms with Crippen LogP contribution in [0, 0.1) is 11.8 Å². The number of phenolic OH excluding ortho intramolecular Hbond substituents is 1. The van der Waals surface area contributed by atoms with Gasteiger partial charge >= 0.3 is 0 Å². The van der Waals surface area contributed by atoms with E-state index in [0.29, 0.717) is 18.3 Å². The normalized spacial score (nSPS) is 14.3. The largest absolute Gasteiger partial charge is 0.508 e. The van der Waals surface area contributed by atoms with Gasteiger partial charge in [0.2, 0.25) is 5.91 Å². The third-order valence-electron chi connectivity index (χ3n) is 5.74. The smallest absolute Gasteiger partial charge is 0.237 e. The summed E-state index contributed by atoms with van der Waals surface area (Å²) >= 11 is 0. The molecule has 1 amide bonds. The lowest BCUT2D eigenvalue weighted by Gasteiger charge is -2.24. The van der Waals surface area contributed by atoms with E-state index in [0.717, 1.165) is 30.5 Å². The minimum atomic E-state index is -0.331. The van der Waals surface area contributed by atoms with Gasteiger partial charge in [-0.25, -0.2) is 0 Å². The first-order valence-electron chi connectivity index (χ1n) is 12.3. The number of phenols is 1. The van der Waals surface area contributed by atoms with E-state index in [4.69, 9.17) is 0 Å². The molecule has 3 atom stereocenters. The van der Waals surface area contributed by atoms with Crippen LogP contribution in [-0.4, -0.2) is 34.6 Å². The number of aromatic nitrogens is 1. The highest BCUT2D eigenvalue weighted by molar-refractivity contribution is 5.82. The van der Waals surface area contributed by atoms with E-state index in [9.17, 15) is 9.90 Å². The number of carbonyl (C=O) groups excluding carboxylic acids is 1. The van der Waals surface area contributed by atoms with Gasteiger partial charge in [-0.15, -0.1) is 0 Å². The number of nitrogens with zero attached hydrogens (tertiary/aromatic N) is 1. The Bertz CT molecular complexity index is 834. The molecule has 33 heavy (non-hydrogen) atoms. The number of hydrogen-bond donors (Lipinski definition) is 3. The molecule has 5 nitrogen and oxygen atoms in total. The first-order chi connectivity index (χ1) is 15.9. The quantitative estimate of drug-likeness (QED) is 0.362. The van der Waals surface area contributed by atoms with Crippen molar-refractivity contribution in [3.63, 3.8) is 0 Å². The SMILES string of the molecule is CCCC[C@H](C)CN[C@@H](Cc1ccc(O)cc1)C(=O)N[C@H](/C=C/c1ccncc1)CC(C)C. The average Bonchev–Trinajstić information content (AvgIpc) is 2.80. The number of rotatable bonds is 14. The van der Waals surface area contributed by atoms with Gasteiger partial charge in [-0.2, -0.15) is 0 Å². The second-order valence-electron chi connectivity index (χ2n) is 9.46. The molecule has 1 aromatic heterocycles. The summed E-state index contributed by atoms with van der Waals surface area (Å²) in [6.45, 7) is 9.58.